The largest absolute Gasteiger partial charge is 0.387 e. The number of hydrogen-bond acceptors (Lipinski definition) is 3. The molecule has 126 valence electrons. The Morgan fingerprint density at radius 2 is 2.04 bits per heavy atom. The molecule has 5 heteroatoms. The molecule has 24 heavy (non-hydrogen) atoms. The molecule has 0 saturated heterocycles. The maximum absolute atomic E-state index is 12.3. The molecule has 1 aromatic carbocycles. The van der Waals surface area contributed by atoms with Crippen LogP contribution in [0.1, 0.15) is 51.7 Å². The molecule has 3 rings (SSSR count). The summed E-state index contributed by atoms with van der Waals surface area (Å²) in [5.74, 6) is -0.447. The fourth-order valence-electron chi connectivity index (χ4n) is 3.20. The third-order valence-electron chi connectivity index (χ3n) is 4.59. The molecule has 0 aliphatic heterocycles. The van der Waals surface area contributed by atoms with Crippen LogP contribution in [0.15, 0.2) is 35.1 Å². The van der Waals surface area contributed by atoms with Gasteiger partial charge >= 0.3 is 0 Å². The fraction of sp³-hybridized carbons (Fsp3) is 0.368. The van der Waals surface area contributed by atoms with Crippen molar-refractivity contribution in [2.45, 2.75) is 38.7 Å². The Bertz CT molecular complexity index is 810. The van der Waals surface area contributed by atoms with Crippen molar-refractivity contribution in [3.05, 3.63) is 68.6 Å². The number of hydrogen-bond donors (Lipinski definition) is 3. The SMILES string of the molecule is Cc1ccccc1C(O)CNC(=O)c1cc2c([nH]c1=O)CCCC2. The second-order valence-corrected chi connectivity index (χ2v) is 6.31. The number of H-pyrrole nitrogens is 1. The summed E-state index contributed by atoms with van der Waals surface area (Å²) in [6, 6.07) is 9.19. The number of fused-ring (bicyclic) bond motifs is 1. The number of rotatable bonds is 4. The molecule has 5 nitrogen and oxygen atoms in total. The first kappa shape index (κ1) is 16.5. The molecule has 0 spiro atoms. The molecular formula is C19H22N2O3. The number of nitrogens with one attached hydrogen (secondary N) is 2. The van der Waals surface area contributed by atoms with Crippen LogP contribution >= 0.6 is 0 Å². The van der Waals surface area contributed by atoms with E-state index in [1.54, 1.807) is 6.07 Å². The van der Waals surface area contributed by atoms with Crippen molar-refractivity contribution in [3.8, 4) is 0 Å². The van der Waals surface area contributed by atoms with E-state index in [9.17, 15) is 14.7 Å². The van der Waals surface area contributed by atoms with Crippen molar-refractivity contribution in [2.75, 3.05) is 6.54 Å². The molecule has 1 aromatic heterocycles. The maximum Gasteiger partial charge on any atom is 0.261 e. The van der Waals surface area contributed by atoms with Crippen molar-refractivity contribution in [1.82, 2.24) is 10.3 Å². The highest BCUT2D eigenvalue weighted by Gasteiger charge is 2.18. The second kappa shape index (κ2) is 7.01. The van der Waals surface area contributed by atoms with Gasteiger partial charge in [0.05, 0.1) is 6.10 Å². The number of amides is 1. The molecule has 1 heterocycles. The van der Waals surface area contributed by atoms with Crippen LogP contribution in [0.5, 0.6) is 0 Å². The van der Waals surface area contributed by atoms with E-state index in [2.05, 4.69) is 10.3 Å². The van der Waals surface area contributed by atoms with Crippen LogP contribution in [0.3, 0.4) is 0 Å². The highest BCUT2D eigenvalue weighted by Crippen LogP contribution is 2.19. The number of carbonyl (C=O) groups excluding carboxylic acids is 1. The topological polar surface area (TPSA) is 82.2 Å². The summed E-state index contributed by atoms with van der Waals surface area (Å²) < 4.78 is 0. The summed E-state index contributed by atoms with van der Waals surface area (Å²) in [7, 11) is 0. The van der Waals surface area contributed by atoms with Gasteiger partial charge in [-0.15, -0.1) is 0 Å². The number of aromatic amines is 1. The van der Waals surface area contributed by atoms with Gasteiger partial charge in [-0.3, -0.25) is 9.59 Å². The van der Waals surface area contributed by atoms with Crippen LogP contribution in [0.2, 0.25) is 0 Å². The molecule has 0 bridgehead atoms. The lowest BCUT2D eigenvalue weighted by Crippen LogP contribution is -2.33. The lowest BCUT2D eigenvalue weighted by molar-refractivity contribution is 0.0914. The molecule has 1 amide bonds. The Morgan fingerprint density at radius 1 is 1.29 bits per heavy atom. The Morgan fingerprint density at radius 3 is 2.83 bits per heavy atom. The van der Waals surface area contributed by atoms with Gasteiger partial charge in [0.15, 0.2) is 0 Å². The molecule has 0 fully saturated rings. The van der Waals surface area contributed by atoms with Gasteiger partial charge < -0.3 is 15.4 Å². The predicted octanol–water partition coefficient (Wildman–Crippen LogP) is 2.03. The highest BCUT2D eigenvalue weighted by molar-refractivity contribution is 5.94. The Hall–Kier alpha value is -2.40. The minimum Gasteiger partial charge on any atom is -0.387 e. The van der Waals surface area contributed by atoms with Crippen LogP contribution in [-0.4, -0.2) is 22.5 Å². The van der Waals surface area contributed by atoms with Crippen molar-refractivity contribution >= 4 is 5.91 Å². The summed E-state index contributed by atoms with van der Waals surface area (Å²) in [4.78, 5) is 27.3. The van der Waals surface area contributed by atoms with Gasteiger partial charge in [0.2, 0.25) is 0 Å². The molecule has 0 radical (unpaired) electrons. The molecule has 1 unspecified atom stereocenters. The van der Waals surface area contributed by atoms with Gasteiger partial charge in [0.25, 0.3) is 11.5 Å². The van der Waals surface area contributed by atoms with Crippen molar-refractivity contribution in [3.63, 3.8) is 0 Å². The molecule has 1 aliphatic rings. The zero-order chi connectivity index (χ0) is 17.1. The first-order valence-corrected chi connectivity index (χ1v) is 8.33. The van der Waals surface area contributed by atoms with E-state index in [-0.39, 0.29) is 17.7 Å². The number of aliphatic hydroxyl groups excluding tert-OH is 1. The van der Waals surface area contributed by atoms with Gasteiger partial charge in [-0.1, -0.05) is 24.3 Å². The third kappa shape index (κ3) is 3.41. The molecule has 1 atom stereocenters. The lowest BCUT2D eigenvalue weighted by atomic mass is 9.95. The minimum atomic E-state index is -0.799. The number of aryl methyl sites for hydroxylation is 3. The molecule has 0 saturated carbocycles. The van der Waals surface area contributed by atoms with Crippen LogP contribution < -0.4 is 10.9 Å². The predicted molar refractivity (Wildman–Crippen MR) is 92.2 cm³/mol. The number of aromatic nitrogens is 1. The van der Waals surface area contributed by atoms with Gasteiger partial charge in [-0.05, 0) is 55.4 Å². The highest BCUT2D eigenvalue weighted by atomic mass is 16.3. The van der Waals surface area contributed by atoms with E-state index in [4.69, 9.17) is 0 Å². The van der Waals surface area contributed by atoms with Gasteiger partial charge in [-0.2, -0.15) is 0 Å². The van der Waals surface area contributed by atoms with Crippen LogP contribution in [-0.2, 0) is 12.8 Å². The smallest absolute Gasteiger partial charge is 0.261 e. The van der Waals surface area contributed by atoms with E-state index in [1.807, 2.05) is 31.2 Å². The van der Waals surface area contributed by atoms with E-state index in [0.29, 0.717) is 0 Å². The van der Waals surface area contributed by atoms with Gasteiger partial charge in [0.1, 0.15) is 5.56 Å². The standard InChI is InChI=1S/C19H22N2O3/c1-12-6-2-4-8-14(12)17(22)11-20-18(23)15-10-13-7-3-5-9-16(13)21-19(15)24/h2,4,6,8,10,17,22H,3,5,7,9,11H2,1H3,(H,20,23)(H,21,24). The Labute approximate surface area is 140 Å². The summed E-state index contributed by atoms with van der Waals surface area (Å²) in [5.41, 5.74) is 3.49. The molecule has 2 aromatic rings. The summed E-state index contributed by atoms with van der Waals surface area (Å²) in [6.45, 7) is 1.98. The van der Waals surface area contributed by atoms with Crippen molar-refractivity contribution in [1.29, 1.82) is 0 Å². The van der Waals surface area contributed by atoms with Crippen LogP contribution in [0.25, 0.3) is 0 Å². The average molecular weight is 326 g/mol. The third-order valence-corrected chi connectivity index (χ3v) is 4.59. The number of benzene rings is 1. The summed E-state index contributed by atoms with van der Waals surface area (Å²) >= 11 is 0. The first-order valence-electron chi connectivity index (χ1n) is 8.33. The summed E-state index contributed by atoms with van der Waals surface area (Å²) in [5, 5.41) is 12.9. The quantitative estimate of drug-likeness (QED) is 0.804. The molecule has 3 N–H and O–H groups in total. The molecule has 1 aliphatic carbocycles. The van der Waals surface area contributed by atoms with Crippen molar-refractivity contribution in [2.24, 2.45) is 0 Å². The van der Waals surface area contributed by atoms with E-state index in [1.165, 1.54) is 0 Å². The first-order chi connectivity index (χ1) is 11.6. The number of pyridine rings is 1. The maximum atomic E-state index is 12.3. The Balaban J connectivity index is 1.71. The minimum absolute atomic E-state index is 0.0697. The Kier molecular flexibility index (Phi) is 4.81. The van der Waals surface area contributed by atoms with E-state index in [0.717, 1.165) is 48.1 Å². The lowest BCUT2D eigenvalue weighted by Gasteiger charge is -2.17. The zero-order valence-corrected chi connectivity index (χ0v) is 13.8. The monoisotopic (exact) mass is 326 g/mol. The van der Waals surface area contributed by atoms with Gasteiger partial charge in [0, 0.05) is 12.2 Å². The average Bonchev–Trinajstić information content (AvgIpc) is 2.59. The second-order valence-electron chi connectivity index (χ2n) is 6.31. The van der Waals surface area contributed by atoms with Crippen molar-refractivity contribution < 1.29 is 9.90 Å². The number of carbonyl (C=O) groups is 1. The van der Waals surface area contributed by atoms with Crippen LogP contribution in [0.4, 0.5) is 0 Å². The molecular weight excluding hydrogens is 304 g/mol. The van der Waals surface area contributed by atoms with E-state index >= 15 is 0 Å². The van der Waals surface area contributed by atoms with Crippen LogP contribution in [0, 0.1) is 6.92 Å². The van der Waals surface area contributed by atoms with Gasteiger partial charge in [-0.25, -0.2) is 0 Å². The normalized spacial score (nSPS) is 14.8. The summed E-state index contributed by atoms with van der Waals surface area (Å²) in [6.07, 6.45) is 3.09. The fourth-order valence-corrected chi connectivity index (χ4v) is 3.20. The number of aliphatic hydroxyl groups is 1. The zero-order valence-electron chi connectivity index (χ0n) is 13.8. The van der Waals surface area contributed by atoms with E-state index < -0.39 is 12.0 Å².